The van der Waals surface area contributed by atoms with E-state index in [2.05, 4.69) is 46.8 Å². The number of amidine groups is 1. The van der Waals surface area contributed by atoms with Crippen molar-refractivity contribution in [3.8, 4) is 0 Å². The van der Waals surface area contributed by atoms with Gasteiger partial charge in [0.15, 0.2) is 5.84 Å². The van der Waals surface area contributed by atoms with Crippen molar-refractivity contribution in [1.29, 1.82) is 0 Å². The van der Waals surface area contributed by atoms with E-state index in [0.717, 1.165) is 12.4 Å². The maximum atomic E-state index is 4.14. The van der Waals surface area contributed by atoms with Gasteiger partial charge in [-0.15, -0.1) is 10.2 Å². The molecule has 74 valence electrons. The molecule has 5 heteroatoms. The lowest BCUT2D eigenvalue weighted by atomic mass is 9.95. The lowest BCUT2D eigenvalue weighted by Gasteiger charge is -2.22. The van der Waals surface area contributed by atoms with Gasteiger partial charge in [-0.05, 0) is 6.54 Å². The molecule has 0 fully saturated rings. The first-order chi connectivity index (χ1) is 6.04. The molecule has 5 nitrogen and oxygen atoms in total. The van der Waals surface area contributed by atoms with Gasteiger partial charge in [-0.25, -0.2) is 0 Å². The van der Waals surface area contributed by atoms with Gasteiger partial charge in [0.05, 0.1) is 0 Å². The van der Waals surface area contributed by atoms with E-state index in [1.165, 1.54) is 0 Å². The maximum absolute atomic E-state index is 4.14. The minimum Gasteiger partial charge on any atom is -0.276 e. The Kier molecular flexibility index (Phi) is 2.98. The molecule has 1 rings (SSSR count). The van der Waals surface area contributed by atoms with Crippen LogP contribution in [0.4, 0.5) is 0 Å². The summed E-state index contributed by atoms with van der Waals surface area (Å²) < 4.78 is 0. The van der Waals surface area contributed by atoms with Crippen molar-refractivity contribution in [2.75, 3.05) is 6.54 Å². The van der Waals surface area contributed by atoms with E-state index in [0.29, 0.717) is 0 Å². The van der Waals surface area contributed by atoms with Crippen LogP contribution in [0, 0.1) is 5.41 Å². The molecular formula is C8H17N5. The molecule has 1 atom stereocenters. The SMILES string of the molecule is CCNC1N=NC(C(C)(C)C)=NN1. The second kappa shape index (κ2) is 3.83. The number of azo groups is 1. The monoisotopic (exact) mass is 183 g/mol. The zero-order valence-corrected chi connectivity index (χ0v) is 8.63. The number of hydrazone groups is 1. The topological polar surface area (TPSA) is 61.1 Å². The number of nitrogens with one attached hydrogen (secondary N) is 2. The highest BCUT2D eigenvalue weighted by atomic mass is 15.5. The van der Waals surface area contributed by atoms with Crippen LogP contribution >= 0.6 is 0 Å². The Labute approximate surface area is 78.7 Å². The lowest BCUT2D eigenvalue weighted by molar-refractivity contribution is 0.422. The smallest absolute Gasteiger partial charge is 0.208 e. The molecule has 0 aromatic heterocycles. The number of rotatable bonds is 2. The minimum absolute atomic E-state index is 0.0479. The third kappa shape index (κ3) is 2.77. The first kappa shape index (κ1) is 10.1. The van der Waals surface area contributed by atoms with Crippen LogP contribution < -0.4 is 10.7 Å². The van der Waals surface area contributed by atoms with Crippen LogP contribution in [0.3, 0.4) is 0 Å². The van der Waals surface area contributed by atoms with E-state index in [4.69, 9.17) is 0 Å². The van der Waals surface area contributed by atoms with Crippen LogP contribution in [-0.4, -0.2) is 18.7 Å². The van der Waals surface area contributed by atoms with Gasteiger partial charge in [0.2, 0.25) is 6.29 Å². The van der Waals surface area contributed by atoms with Crippen LogP contribution in [0.15, 0.2) is 15.3 Å². The Balaban J connectivity index is 2.55. The summed E-state index contributed by atoms with van der Waals surface area (Å²) in [4.78, 5) is 0. The molecule has 0 aromatic rings. The molecule has 0 bridgehead atoms. The van der Waals surface area contributed by atoms with Crippen molar-refractivity contribution in [3.63, 3.8) is 0 Å². The van der Waals surface area contributed by atoms with Crippen molar-refractivity contribution < 1.29 is 0 Å². The second-order valence-electron chi connectivity index (χ2n) is 3.99. The van der Waals surface area contributed by atoms with Gasteiger partial charge in [-0.2, -0.15) is 5.10 Å². The van der Waals surface area contributed by atoms with Crippen molar-refractivity contribution >= 4 is 5.84 Å². The highest BCUT2D eigenvalue weighted by Crippen LogP contribution is 2.18. The fourth-order valence-electron chi connectivity index (χ4n) is 0.880. The van der Waals surface area contributed by atoms with Gasteiger partial charge in [0, 0.05) is 5.41 Å². The molecule has 0 saturated carbocycles. The quantitative estimate of drug-likeness (QED) is 0.677. The zero-order valence-electron chi connectivity index (χ0n) is 8.63. The standard InChI is InChI=1S/C8H17N5/c1-5-9-7-12-10-6(11-13-7)8(2,3)4/h7,9,12H,5H2,1-4H3. The third-order valence-corrected chi connectivity index (χ3v) is 1.63. The molecule has 1 unspecified atom stereocenters. The molecule has 1 aliphatic heterocycles. The van der Waals surface area contributed by atoms with Crippen LogP contribution in [0.5, 0.6) is 0 Å². The zero-order chi connectivity index (χ0) is 9.90. The van der Waals surface area contributed by atoms with Gasteiger partial charge in [0.25, 0.3) is 0 Å². The molecule has 2 N–H and O–H groups in total. The highest BCUT2D eigenvalue weighted by Gasteiger charge is 2.22. The molecule has 1 heterocycles. The van der Waals surface area contributed by atoms with E-state index < -0.39 is 0 Å². The van der Waals surface area contributed by atoms with Gasteiger partial charge >= 0.3 is 0 Å². The highest BCUT2D eigenvalue weighted by molar-refractivity contribution is 5.87. The Morgan fingerprint density at radius 2 is 2.15 bits per heavy atom. The Morgan fingerprint density at radius 3 is 2.54 bits per heavy atom. The molecule has 0 spiro atoms. The Morgan fingerprint density at radius 1 is 1.46 bits per heavy atom. The Bertz CT molecular complexity index is 225. The fourth-order valence-corrected chi connectivity index (χ4v) is 0.880. The summed E-state index contributed by atoms with van der Waals surface area (Å²) in [7, 11) is 0. The predicted molar refractivity (Wildman–Crippen MR) is 52.3 cm³/mol. The first-order valence-electron chi connectivity index (χ1n) is 4.52. The van der Waals surface area contributed by atoms with Crippen LogP contribution in [-0.2, 0) is 0 Å². The number of hydrogen-bond donors (Lipinski definition) is 2. The first-order valence-corrected chi connectivity index (χ1v) is 4.52. The molecule has 0 aliphatic carbocycles. The average Bonchev–Trinajstić information content (AvgIpc) is 2.04. The maximum Gasteiger partial charge on any atom is 0.208 e. The summed E-state index contributed by atoms with van der Waals surface area (Å²) in [5.41, 5.74) is 2.85. The van der Waals surface area contributed by atoms with E-state index in [-0.39, 0.29) is 11.7 Å². The average molecular weight is 183 g/mol. The summed E-state index contributed by atoms with van der Waals surface area (Å²) in [5, 5.41) is 15.3. The molecule has 0 amide bonds. The summed E-state index contributed by atoms with van der Waals surface area (Å²) in [6.07, 6.45) is -0.170. The van der Waals surface area contributed by atoms with Gasteiger partial charge in [-0.1, -0.05) is 27.7 Å². The summed E-state index contributed by atoms with van der Waals surface area (Å²) >= 11 is 0. The van der Waals surface area contributed by atoms with E-state index in [1.54, 1.807) is 0 Å². The van der Waals surface area contributed by atoms with E-state index in [9.17, 15) is 0 Å². The Hall–Kier alpha value is -0.970. The van der Waals surface area contributed by atoms with Gasteiger partial charge in [0.1, 0.15) is 0 Å². The molecule has 1 aliphatic rings. The molecular weight excluding hydrogens is 166 g/mol. The van der Waals surface area contributed by atoms with Crippen molar-refractivity contribution in [3.05, 3.63) is 0 Å². The molecule has 0 radical (unpaired) electrons. The van der Waals surface area contributed by atoms with Crippen molar-refractivity contribution in [1.82, 2.24) is 10.7 Å². The van der Waals surface area contributed by atoms with Crippen molar-refractivity contribution in [2.45, 2.75) is 34.0 Å². The lowest BCUT2D eigenvalue weighted by Crippen LogP contribution is -2.41. The van der Waals surface area contributed by atoms with Crippen LogP contribution in [0.2, 0.25) is 0 Å². The second-order valence-corrected chi connectivity index (χ2v) is 3.99. The van der Waals surface area contributed by atoms with Crippen molar-refractivity contribution in [2.24, 2.45) is 20.7 Å². The van der Waals surface area contributed by atoms with Gasteiger partial charge < -0.3 is 0 Å². The largest absolute Gasteiger partial charge is 0.276 e. The molecule has 0 aromatic carbocycles. The van der Waals surface area contributed by atoms with Crippen LogP contribution in [0.25, 0.3) is 0 Å². The normalized spacial score (nSPS) is 22.5. The number of nitrogens with zero attached hydrogens (tertiary/aromatic N) is 3. The molecule has 0 saturated heterocycles. The van der Waals surface area contributed by atoms with E-state index in [1.807, 2.05) is 6.92 Å². The molecule has 13 heavy (non-hydrogen) atoms. The third-order valence-electron chi connectivity index (χ3n) is 1.63. The van der Waals surface area contributed by atoms with E-state index >= 15 is 0 Å². The number of hydrogen-bond acceptors (Lipinski definition) is 5. The summed E-state index contributed by atoms with van der Waals surface area (Å²) in [6, 6.07) is 0. The van der Waals surface area contributed by atoms with Crippen LogP contribution in [0.1, 0.15) is 27.7 Å². The summed E-state index contributed by atoms with van der Waals surface area (Å²) in [6.45, 7) is 9.03. The fraction of sp³-hybridized carbons (Fsp3) is 0.875. The van der Waals surface area contributed by atoms with Gasteiger partial charge in [-0.3, -0.25) is 10.7 Å². The predicted octanol–water partition coefficient (Wildman–Crippen LogP) is 1.29. The summed E-state index contributed by atoms with van der Waals surface area (Å²) in [5.74, 6) is 0.738. The minimum atomic E-state index is -0.170.